The Bertz CT molecular complexity index is 356. The number of methoxy groups -OCH3 is 1. The van der Waals surface area contributed by atoms with Gasteiger partial charge in [0.2, 0.25) is 0 Å². The second-order valence-electron chi connectivity index (χ2n) is 4.60. The maximum atomic E-state index is 8.71. The number of nitrogens with two attached hydrogens (primary N) is 1. The first-order valence-corrected chi connectivity index (χ1v) is 6.39. The number of nitrogens with zero attached hydrogens (tertiary/aromatic N) is 1. The van der Waals surface area contributed by atoms with Gasteiger partial charge in [-0.25, -0.2) is 0 Å². The van der Waals surface area contributed by atoms with E-state index in [9.17, 15) is 0 Å². The molecule has 1 aromatic rings. The van der Waals surface area contributed by atoms with Crippen molar-refractivity contribution in [1.82, 2.24) is 4.90 Å². The van der Waals surface area contributed by atoms with E-state index in [2.05, 4.69) is 11.9 Å². The monoisotopic (exact) mass is 252 g/mol. The Labute approximate surface area is 109 Å². The fourth-order valence-electron chi connectivity index (χ4n) is 1.94. The molecule has 0 heterocycles. The lowest BCUT2D eigenvalue weighted by molar-refractivity contribution is 0.271. The van der Waals surface area contributed by atoms with Gasteiger partial charge in [-0.2, -0.15) is 0 Å². The summed E-state index contributed by atoms with van der Waals surface area (Å²) < 4.78 is 5.13. The molecule has 1 rings (SSSR count). The van der Waals surface area contributed by atoms with Crippen molar-refractivity contribution in [3.8, 4) is 5.75 Å². The van der Waals surface area contributed by atoms with E-state index in [-0.39, 0.29) is 0 Å². The molecule has 0 fully saturated rings. The maximum absolute atomic E-state index is 8.71. The molecule has 0 atom stereocenters. The van der Waals surface area contributed by atoms with E-state index in [0.717, 1.165) is 38.1 Å². The highest BCUT2D eigenvalue weighted by Crippen LogP contribution is 2.22. The summed E-state index contributed by atoms with van der Waals surface area (Å²) in [6.45, 7) is 2.21. The van der Waals surface area contributed by atoms with Crippen LogP contribution in [0.5, 0.6) is 5.75 Å². The Kier molecular flexibility index (Phi) is 6.54. The normalized spacial score (nSPS) is 10.9. The maximum Gasteiger partial charge on any atom is 0.141 e. The third-order valence-corrected chi connectivity index (χ3v) is 2.94. The molecule has 0 spiro atoms. The summed E-state index contributed by atoms with van der Waals surface area (Å²) in [7, 11) is 3.72. The van der Waals surface area contributed by atoms with Gasteiger partial charge in [-0.1, -0.05) is 6.07 Å². The topological polar surface area (TPSA) is 58.7 Å². The van der Waals surface area contributed by atoms with Crippen molar-refractivity contribution in [1.29, 1.82) is 0 Å². The SMILES string of the molecule is COc1ccc(CN(C)CCCCCO)cc1N. The molecule has 4 heteroatoms. The molecule has 0 bridgehead atoms. The van der Waals surface area contributed by atoms with Gasteiger partial charge in [-0.15, -0.1) is 0 Å². The van der Waals surface area contributed by atoms with Gasteiger partial charge in [0.15, 0.2) is 0 Å². The number of rotatable bonds is 8. The number of aliphatic hydroxyl groups is 1. The van der Waals surface area contributed by atoms with Crippen molar-refractivity contribution < 1.29 is 9.84 Å². The van der Waals surface area contributed by atoms with Crippen molar-refractivity contribution in [3.63, 3.8) is 0 Å². The van der Waals surface area contributed by atoms with Crippen molar-refractivity contribution in [2.24, 2.45) is 0 Å². The highest BCUT2D eigenvalue weighted by molar-refractivity contribution is 5.54. The number of aliphatic hydroxyl groups excluding tert-OH is 1. The Morgan fingerprint density at radius 2 is 2.06 bits per heavy atom. The van der Waals surface area contributed by atoms with Gasteiger partial charge in [-0.3, -0.25) is 0 Å². The number of hydrogen-bond donors (Lipinski definition) is 2. The van der Waals surface area contributed by atoms with Gasteiger partial charge in [0.25, 0.3) is 0 Å². The van der Waals surface area contributed by atoms with E-state index in [0.29, 0.717) is 12.3 Å². The standard InChI is InChI=1S/C14H24N2O2/c1-16(8-4-3-5-9-17)11-12-6-7-14(18-2)13(15)10-12/h6-7,10,17H,3-5,8-9,11,15H2,1-2H3. The van der Waals surface area contributed by atoms with E-state index in [1.54, 1.807) is 7.11 Å². The Morgan fingerprint density at radius 1 is 1.28 bits per heavy atom. The average molecular weight is 252 g/mol. The van der Waals surface area contributed by atoms with E-state index >= 15 is 0 Å². The molecule has 0 aliphatic carbocycles. The molecule has 102 valence electrons. The van der Waals surface area contributed by atoms with Crippen LogP contribution in [0.2, 0.25) is 0 Å². The molecule has 0 radical (unpaired) electrons. The summed E-state index contributed by atoms with van der Waals surface area (Å²) in [4.78, 5) is 2.26. The molecular weight excluding hydrogens is 228 g/mol. The summed E-state index contributed by atoms with van der Waals surface area (Å²) in [5, 5.41) is 8.71. The molecule has 18 heavy (non-hydrogen) atoms. The predicted molar refractivity (Wildman–Crippen MR) is 74.7 cm³/mol. The highest BCUT2D eigenvalue weighted by Gasteiger charge is 2.03. The van der Waals surface area contributed by atoms with E-state index in [1.165, 1.54) is 5.56 Å². The van der Waals surface area contributed by atoms with Crippen LogP contribution in [0.3, 0.4) is 0 Å². The lowest BCUT2D eigenvalue weighted by atomic mass is 10.1. The predicted octanol–water partition coefficient (Wildman–Crippen LogP) is 1.87. The highest BCUT2D eigenvalue weighted by atomic mass is 16.5. The summed E-state index contributed by atoms with van der Waals surface area (Å²) >= 11 is 0. The molecule has 0 saturated heterocycles. The van der Waals surface area contributed by atoms with Gasteiger partial charge < -0.3 is 20.5 Å². The van der Waals surface area contributed by atoms with Crippen LogP contribution in [0.1, 0.15) is 24.8 Å². The number of ether oxygens (including phenoxy) is 1. The first kappa shape index (κ1) is 14.8. The molecule has 4 nitrogen and oxygen atoms in total. The lowest BCUT2D eigenvalue weighted by Gasteiger charge is -2.17. The zero-order valence-corrected chi connectivity index (χ0v) is 11.4. The third kappa shape index (κ3) is 4.94. The second-order valence-corrected chi connectivity index (χ2v) is 4.60. The third-order valence-electron chi connectivity index (χ3n) is 2.94. The quantitative estimate of drug-likeness (QED) is 0.548. The number of benzene rings is 1. The fraction of sp³-hybridized carbons (Fsp3) is 0.571. The molecule has 0 aromatic heterocycles. The molecule has 0 unspecified atom stereocenters. The van der Waals surface area contributed by atoms with Crippen LogP contribution in [0.15, 0.2) is 18.2 Å². The zero-order valence-electron chi connectivity index (χ0n) is 11.4. The lowest BCUT2D eigenvalue weighted by Crippen LogP contribution is -2.19. The van der Waals surface area contributed by atoms with E-state index in [1.807, 2.05) is 18.2 Å². The van der Waals surface area contributed by atoms with Gasteiger partial charge in [0.05, 0.1) is 12.8 Å². The van der Waals surface area contributed by atoms with Crippen LogP contribution in [-0.2, 0) is 6.54 Å². The Morgan fingerprint density at radius 3 is 2.67 bits per heavy atom. The minimum Gasteiger partial charge on any atom is -0.495 e. The van der Waals surface area contributed by atoms with E-state index < -0.39 is 0 Å². The minimum absolute atomic E-state index is 0.290. The van der Waals surface area contributed by atoms with Crippen LogP contribution in [-0.4, -0.2) is 37.3 Å². The van der Waals surface area contributed by atoms with Crippen molar-refractivity contribution in [2.75, 3.05) is 33.0 Å². The van der Waals surface area contributed by atoms with Crippen LogP contribution in [0.4, 0.5) is 5.69 Å². The molecule has 3 N–H and O–H groups in total. The molecule has 0 aliphatic rings. The Balaban J connectivity index is 2.39. The first-order chi connectivity index (χ1) is 8.67. The number of anilines is 1. The molecule has 0 saturated carbocycles. The molecular formula is C14H24N2O2. The summed E-state index contributed by atoms with van der Waals surface area (Å²) in [6.07, 6.45) is 3.08. The van der Waals surface area contributed by atoms with E-state index in [4.69, 9.17) is 15.6 Å². The van der Waals surface area contributed by atoms with Gasteiger partial charge in [-0.05, 0) is 50.6 Å². The second kappa shape index (κ2) is 7.95. The van der Waals surface area contributed by atoms with Gasteiger partial charge in [0, 0.05) is 13.2 Å². The smallest absolute Gasteiger partial charge is 0.141 e. The summed E-state index contributed by atoms with van der Waals surface area (Å²) in [5.41, 5.74) is 7.75. The number of hydrogen-bond acceptors (Lipinski definition) is 4. The molecule has 0 aliphatic heterocycles. The average Bonchev–Trinajstić information content (AvgIpc) is 2.35. The molecule has 0 amide bonds. The van der Waals surface area contributed by atoms with Crippen LogP contribution >= 0.6 is 0 Å². The Hall–Kier alpha value is -1.26. The summed E-state index contributed by atoms with van der Waals surface area (Å²) in [5.74, 6) is 0.726. The van der Waals surface area contributed by atoms with Crippen LogP contribution < -0.4 is 10.5 Å². The largest absolute Gasteiger partial charge is 0.495 e. The van der Waals surface area contributed by atoms with Crippen LogP contribution in [0.25, 0.3) is 0 Å². The first-order valence-electron chi connectivity index (χ1n) is 6.39. The number of unbranched alkanes of at least 4 members (excludes halogenated alkanes) is 2. The van der Waals surface area contributed by atoms with Gasteiger partial charge in [0.1, 0.15) is 5.75 Å². The molecule has 1 aromatic carbocycles. The fourth-order valence-corrected chi connectivity index (χ4v) is 1.94. The van der Waals surface area contributed by atoms with Crippen molar-refractivity contribution >= 4 is 5.69 Å². The minimum atomic E-state index is 0.290. The van der Waals surface area contributed by atoms with Crippen LogP contribution in [0, 0.1) is 0 Å². The zero-order chi connectivity index (χ0) is 13.4. The van der Waals surface area contributed by atoms with Crippen molar-refractivity contribution in [3.05, 3.63) is 23.8 Å². The van der Waals surface area contributed by atoms with Gasteiger partial charge >= 0.3 is 0 Å². The summed E-state index contributed by atoms with van der Waals surface area (Å²) in [6, 6.07) is 5.91. The van der Waals surface area contributed by atoms with Crippen molar-refractivity contribution in [2.45, 2.75) is 25.8 Å². The number of nitrogen functional groups attached to an aromatic ring is 1.